The maximum absolute atomic E-state index is 12.4. The van der Waals surface area contributed by atoms with Crippen LogP contribution in [0.25, 0.3) is 11.0 Å². The molecule has 0 bridgehead atoms. The highest BCUT2D eigenvalue weighted by molar-refractivity contribution is 7.89. The van der Waals surface area contributed by atoms with Crippen molar-refractivity contribution in [2.45, 2.75) is 43.7 Å². The predicted octanol–water partition coefficient (Wildman–Crippen LogP) is 1.98. The lowest BCUT2D eigenvalue weighted by molar-refractivity contribution is -0.121. The molecule has 4 rings (SSSR count). The van der Waals surface area contributed by atoms with Crippen LogP contribution < -0.4 is 19.9 Å². The zero-order chi connectivity index (χ0) is 22.7. The Morgan fingerprint density at radius 2 is 2.03 bits per heavy atom. The Morgan fingerprint density at radius 3 is 2.78 bits per heavy atom. The van der Waals surface area contributed by atoms with Crippen molar-refractivity contribution in [3.8, 4) is 11.5 Å². The number of carbonyl (C=O) groups is 1. The minimum Gasteiger partial charge on any atom is -0.486 e. The van der Waals surface area contributed by atoms with Gasteiger partial charge in [-0.05, 0) is 36.8 Å². The summed E-state index contributed by atoms with van der Waals surface area (Å²) in [6.45, 7) is 3.48. The molecule has 170 valence electrons. The van der Waals surface area contributed by atoms with Gasteiger partial charge in [0.05, 0.1) is 22.5 Å². The van der Waals surface area contributed by atoms with Crippen LogP contribution in [0, 0.1) is 0 Å². The third-order valence-corrected chi connectivity index (χ3v) is 6.16. The fraction of sp³-hybridized carbons (Fsp3) is 0.364. The van der Waals surface area contributed by atoms with E-state index in [1.807, 2.05) is 35.8 Å². The highest BCUT2D eigenvalue weighted by Gasteiger charge is 2.21. The van der Waals surface area contributed by atoms with Gasteiger partial charge in [0.15, 0.2) is 11.5 Å². The highest BCUT2D eigenvalue weighted by Crippen LogP contribution is 2.30. The minimum atomic E-state index is -3.81. The van der Waals surface area contributed by atoms with Crippen molar-refractivity contribution in [3.05, 3.63) is 48.3 Å². The Hall–Kier alpha value is -3.11. The quantitative estimate of drug-likeness (QED) is 0.532. The van der Waals surface area contributed by atoms with Crippen molar-refractivity contribution >= 4 is 27.0 Å². The average molecular weight is 459 g/mol. The summed E-state index contributed by atoms with van der Waals surface area (Å²) in [5.41, 5.74) is 1.37. The molecule has 0 aliphatic carbocycles. The molecule has 0 spiro atoms. The number of nitrogens with zero attached hydrogens (tertiary/aromatic N) is 2. The first-order valence-electron chi connectivity index (χ1n) is 10.5. The van der Waals surface area contributed by atoms with Gasteiger partial charge in [0.25, 0.3) is 0 Å². The second-order valence-electron chi connectivity index (χ2n) is 7.68. The number of nitrogens with one attached hydrogen (secondary N) is 1. The van der Waals surface area contributed by atoms with Crippen molar-refractivity contribution in [3.63, 3.8) is 0 Å². The largest absolute Gasteiger partial charge is 0.486 e. The second kappa shape index (κ2) is 9.17. The van der Waals surface area contributed by atoms with Crippen LogP contribution in [-0.2, 0) is 27.8 Å². The molecule has 1 aliphatic heterocycles. The number of aryl methyl sites for hydroxylation is 2. The first kappa shape index (κ1) is 22.1. The smallest absolute Gasteiger partial charge is 0.238 e. The van der Waals surface area contributed by atoms with Crippen LogP contribution >= 0.6 is 0 Å². The van der Waals surface area contributed by atoms with E-state index < -0.39 is 10.0 Å². The molecule has 9 nitrogen and oxygen atoms in total. The highest BCUT2D eigenvalue weighted by atomic mass is 32.2. The molecule has 1 aromatic heterocycles. The van der Waals surface area contributed by atoms with E-state index in [0.29, 0.717) is 36.6 Å². The Kier molecular flexibility index (Phi) is 6.33. The maximum atomic E-state index is 12.4. The fourth-order valence-corrected chi connectivity index (χ4v) is 4.24. The van der Waals surface area contributed by atoms with Gasteiger partial charge in [-0.25, -0.2) is 18.5 Å². The number of amides is 1. The number of nitrogens with two attached hydrogens (primary N) is 1. The number of imidazole rings is 1. The first-order valence-corrected chi connectivity index (χ1v) is 12.1. The number of fused-ring (bicyclic) bond motifs is 2. The van der Waals surface area contributed by atoms with Crippen LogP contribution in [0.15, 0.2) is 47.4 Å². The van der Waals surface area contributed by atoms with Crippen LogP contribution in [0.5, 0.6) is 11.5 Å². The van der Waals surface area contributed by atoms with Crippen LogP contribution in [0.1, 0.15) is 25.6 Å². The molecule has 0 saturated heterocycles. The molecule has 3 aromatic rings. The van der Waals surface area contributed by atoms with Gasteiger partial charge < -0.3 is 19.4 Å². The Labute approximate surface area is 186 Å². The topological polar surface area (TPSA) is 126 Å². The molecule has 1 unspecified atom stereocenters. The van der Waals surface area contributed by atoms with Gasteiger partial charge in [0.2, 0.25) is 15.9 Å². The minimum absolute atomic E-state index is 0.0201. The molecule has 1 aliphatic rings. The van der Waals surface area contributed by atoms with E-state index in [1.165, 1.54) is 12.1 Å². The standard InChI is InChI=1S/C22H26N4O5S/c1-2-11-26-18-8-7-16(32(23,28)29)12-17(18)25-21(26)9-10-22(27)24-13-15-14-30-19-5-3-4-6-20(19)31-15/h3-8,12,15H,2,9-11,13-14H2,1H3,(H,24,27)(H2,23,28,29). The zero-order valence-electron chi connectivity index (χ0n) is 17.8. The number of benzene rings is 2. The number of primary sulfonamides is 1. The number of aromatic nitrogens is 2. The van der Waals surface area contributed by atoms with Crippen molar-refractivity contribution in [2.75, 3.05) is 13.2 Å². The molecular weight excluding hydrogens is 432 g/mol. The normalized spacial score (nSPS) is 15.6. The van der Waals surface area contributed by atoms with E-state index in [4.69, 9.17) is 14.6 Å². The number of carbonyl (C=O) groups excluding carboxylic acids is 1. The van der Waals surface area contributed by atoms with Gasteiger partial charge in [-0.3, -0.25) is 4.79 Å². The summed E-state index contributed by atoms with van der Waals surface area (Å²) in [4.78, 5) is 17.0. The van der Waals surface area contributed by atoms with Crippen molar-refractivity contribution in [2.24, 2.45) is 5.14 Å². The van der Waals surface area contributed by atoms with Gasteiger partial charge in [0, 0.05) is 19.4 Å². The zero-order valence-corrected chi connectivity index (χ0v) is 18.6. The van der Waals surface area contributed by atoms with Crippen molar-refractivity contribution < 1.29 is 22.7 Å². The van der Waals surface area contributed by atoms with Crippen LogP contribution in [-0.4, -0.2) is 43.1 Å². The number of hydrogen-bond acceptors (Lipinski definition) is 6. The monoisotopic (exact) mass is 458 g/mol. The molecule has 10 heteroatoms. The first-order chi connectivity index (χ1) is 15.3. The number of sulfonamides is 1. The molecule has 0 saturated carbocycles. The van der Waals surface area contributed by atoms with Gasteiger partial charge in [0.1, 0.15) is 18.5 Å². The van der Waals surface area contributed by atoms with E-state index >= 15 is 0 Å². The summed E-state index contributed by atoms with van der Waals surface area (Å²) in [5.74, 6) is 1.99. The molecule has 2 aromatic carbocycles. The summed E-state index contributed by atoms with van der Waals surface area (Å²) in [6.07, 6.45) is 1.30. The summed E-state index contributed by atoms with van der Waals surface area (Å²) < 4.78 is 36.8. The molecule has 0 radical (unpaired) electrons. The van der Waals surface area contributed by atoms with Crippen LogP contribution in [0.4, 0.5) is 0 Å². The Bertz CT molecular complexity index is 1240. The number of ether oxygens (including phenoxy) is 2. The van der Waals surface area contributed by atoms with Crippen LogP contribution in [0.2, 0.25) is 0 Å². The van der Waals surface area contributed by atoms with Crippen molar-refractivity contribution in [1.82, 2.24) is 14.9 Å². The van der Waals surface area contributed by atoms with Gasteiger partial charge in [-0.2, -0.15) is 0 Å². The van der Waals surface area contributed by atoms with Gasteiger partial charge >= 0.3 is 0 Å². The molecular formula is C22H26N4O5S. The van der Waals surface area contributed by atoms with E-state index in [0.717, 1.165) is 24.3 Å². The molecule has 1 atom stereocenters. The third kappa shape index (κ3) is 4.86. The molecule has 0 fully saturated rings. The number of hydrogen-bond donors (Lipinski definition) is 2. The Morgan fingerprint density at radius 1 is 1.25 bits per heavy atom. The summed E-state index contributed by atoms with van der Waals surface area (Å²) in [5, 5.41) is 8.13. The fourth-order valence-electron chi connectivity index (χ4n) is 3.71. The second-order valence-corrected chi connectivity index (χ2v) is 9.24. The molecule has 3 N–H and O–H groups in total. The number of rotatable bonds is 8. The maximum Gasteiger partial charge on any atom is 0.238 e. The van der Waals surface area contributed by atoms with E-state index in [-0.39, 0.29) is 23.3 Å². The lowest BCUT2D eigenvalue weighted by Gasteiger charge is -2.26. The van der Waals surface area contributed by atoms with Gasteiger partial charge in [-0.1, -0.05) is 19.1 Å². The van der Waals surface area contributed by atoms with E-state index in [9.17, 15) is 13.2 Å². The summed E-state index contributed by atoms with van der Waals surface area (Å²) in [7, 11) is -3.81. The summed E-state index contributed by atoms with van der Waals surface area (Å²) in [6, 6.07) is 12.1. The molecule has 32 heavy (non-hydrogen) atoms. The van der Waals surface area contributed by atoms with E-state index in [2.05, 4.69) is 10.3 Å². The van der Waals surface area contributed by atoms with Crippen LogP contribution in [0.3, 0.4) is 0 Å². The third-order valence-electron chi connectivity index (χ3n) is 5.24. The molecule has 2 heterocycles. The van der Waals surface area contributed by atoms with E-state index in [1.54, 1.807) is 6.07 Å². The van der Waals surface area contributed by atoms with Gasteiger partial charge in [-0.15, -0.1) is 0 Å². The summed E-state index contributed by atoms with van der Waals surface area (Å²) >= 11 is 0. The van der Waals surface area contributed by atoms with Crippen molar-refractivity contribution in [1.29, 1.82) is 0 Å². The molecule has 1 amide bonds. The average Bonchev–Trinajstić information content (AvgIpc) is 3.12. The SMILES string of the molecule is CCCn1c(CCC(=O)NCC2COc3ccccc3O2)nc2cc(S(N)(=O)=O)ccc21. The predicted molar refractivity (Wildman–Crippen MR) is 119 cm³/mol. The Balaban J connectivity index is 1.39. The lowest BCUT2D eigenvalue weighted by Crippen LogP contribution is -2.40. The lowest BCUT2D eigenvalue weighted by atomic mass is 10.2. The number of para-hydroxylation sites is 2.